The van der Waals surface area contributed by atoms with Gasteiger partial charge in [0, 0.05) is 25.7 Å². The van der Waals surface area contributed by atoms with Gasteiger partial charge in [-0.1, -0.05) is 232 Å². The Kier molecular flexibility index (Phi) is 26.2. The van der Waals surface area contributed by atoms with Gasteiger partial charge >= 0.3 is 35.8 Å². The Morgan fingerprint density at radius 2 is 0.635 bits per heavy atom. The van der Waals surface area contributed by atoms with E-state index in [1.165, 1.54) is 78.0 Å². The Balaban J connectivity index is 0.000000129. The highest BCUT2D eigenvalue weighted by atomic mass is 16.6. The lowest BCUT2D eigenvalue weighted by atomic mass is 9.78. The lowest BCUT2D eigenvalue weighted by molar-refractivity contribution is -0.145. The van der Waals surface area contributed by atoms with Gasteiger partial charge in [-0.2, -0.15) is 0 Å². The van der Waals surface area contributed by atoms with E-state index in [0.29, 0.717) is 49.7 Å². The zero-order chi connectivity index (χ0) is 81.4. The van der Waals surface area contributed by atoms with E-state index in [4.69, 9.17) is 42.6 Å². The highest BCUT2D eigenvalue weighted by molar-refractivity contribution is 5.93. The molecule has 15 nitrogen and oxygen atoms in total. The number of aryl methyl sites for hydroxylation is 5. The Morgan fingerprint density at radius 3 is 1.06 bits per heavy atom. The molecule has 6 atom stereocenters. The summed E-state index contributed by atoms with van der Waals surface area (Å²) in [6.45, 7) is 13.3. The quantitative estimate of drug-likeness (QED) is 0.0398. The largest absolute Gasteiger partial charge is 0.469 e. The molecule has 6 bridgehead atoms. The van der Waals surface area contributed by atoms with Crippen LogP contribution in [0.1, 0.15) is 160 Å². The number of esters is 6. The second-order valence-electron chi connectivity index (χ2n) is 29.7. The van der Waals surface area contributed by atoms with Gasteiger partial charge in [0.2, 0.25) is 0 Å². The molecule has 6 heterocycles. The van der Waals surface area contributed by atoms with Gasteiger partial charge in [0.15, 0.2) is 0 Å². The average Bonchev–Trinajstić information content (AvgIpc) is 1.56. The summed E-state index contributed by atoms with van der Waals surface area (Å²) in [5.41, 5.74) is 12.9. The molecule has 0 spiro atoms. The molecule has 0 fully saturated rings. The van der Waals surface area contributed by atoms with Gasteiger partial charge in [-0.15, -0.1) is 0 Å². The lowest BCUT2D eigenvalue weighted by Crippen LogP contribution is -2.30. The molecule has 15 heteroatoms. The number of ether oxygens (including phenoxy) is 9. The Bertz CT molecular complexity index is 5260. The minimum absolute atomic E-state index is 0.175. The van der Waals surface area contributed by atoms with Crippen molar-refractivity contribution >= 4 is 68.1 Å². The normalized spacial score (nSPS) is 20.4. The van der Waals surface area contributed by atoms with Crippen molar-refractivity contribution < 1.29 is 71.4 Å². The van der Waals surface area contributed by atoms with Crippen LogP contribution in [0.4, 0.5) is 0 Å². The second-order valence-corrected chi connectivity index (χ2v) is 29.7. The molecule has 0 radical (unpaired) electrons. The summed E-state index contributed by atoms with van der Waals surface area (Å²) in [6.07, 6.45) is 17.9. The molecular formula is C100H100O15. The topological polar surface area (TPSA) is 185 Å². The minimum atomic E-state index is -0.656. The van der Waals surface area contributed by atoms with Crippen LogP contribution in [0, 0.1) is 13.8 Å². The number of carbonyl (C=O) groups excluding carboxylic acids is 6. The third kappa shape index (κ3) is 18.1. The number of hydrogen-bond acceptors (Lipinski definition) is 15. The fourth-order valence-corrected chi connectivity index (χ4v) is 16.3. The van der Waals surface area contributed by atoms with Crippen LogP contribution < -0.4 is 0 Å². The van der Waals surface area contributed by atoms with Crippen molar-refractivity contribution in [1.82, 2.24) is 0 Å². The van der Waals surface area contributed by atoms with E-state index in [9.17, 15) is 28.8 Å². The van der Waals surface area contributed by atoms with E-state index in [-0.39, 0.29) is 78.7 Å². The Labute approximate surface area is 673 Å². The molecule has 0 amide bonds. The standard InChI is InChI=1S/C20H18O3.C20H18O2.C18H20O5.C18H20O4.C12H12O.C12H12/c1-2-19-12-13-20(23-19,17-11-7-6-10-16(17)19)14-22-18(21)15-8-4-3-5-9-15;1-2-15-12-13-17(19-11-7-6-10-18(15)19)14-22-20(21)16-8-4-3-5-9-16;1-21-15(19)7-9-17-11-12-18(23-17,10-8-16(20)22-2)14-6-4-3-5-13(14)17;1-21-17(19)11-9-13-7-8-14(10-12-18(20)22-2)16-6-4-3-5-15(13)16;1-11-7-8-12(2,13-11)10-6-4-3-5-9(10)11;1-9-7-8-10(2)12-6-4-3-5-11(9)12/h3-13H,2,14H2,1H3;3-13H,2,14H2,1H3;3-6,11-12H,7-10H2,1-2H3;3-8H,9-12H2,1-2H3;3-8H,1-2H3;3-8H,1-2H3. The zero-order valence-electron chi connectivity index (χ0n) is 67.2. The maximum atomic E-state index is 12.2. The van der Waals surface area contributed by atoms with Crippen LogP contribution in [0.5, 0.6) is 0 Å². The summed E-state index contributed by atoms with van der Waals surface area (Å²) >= 11 is 0. The van der Waals surface area contributed by atoms with E-state index in [1.54, 1.807) is 24.3 Å². The summed E-state index contributed by atoms with van der Waals surface area (Å²) in [4.78, 5) is 70.0. The highest BCUT2D eigenvalue weighted by Gasteiger charge is 2.57. The van der Waals surface area contributed by atoms with E-state index in [2.05, 4.69) is 157 Å². The highest BCUT2D eigenvalue weighted by Crippen LogP contribution is 2.59. The van der Waals surface area contributed by atoms with Crippen LogP contribution in [0.25, 0.3) is 32.3 Å². The molecule has 0 saturated carbocycles. The van der Waals surface area contributed by atoms with Crippen LogP contribution in [0.3, 0.4) is 0 Å². The fraction of sp³-hybridized carbons (Fsp3) is 0.280. The molecule has 0 saturated heterocycles. The molecule has 6 unspecified atom stereocenters. The van der Waals surface area contributed by atoms with E-state index >= 15 is 0 Å². The van der Waals surface area contributed by atoms with Crippen molar-refractivity contribution in [2.75, 3.05) is 35.0 Å². The smallest absolute Gasteiger partial charge is 0.338 e. The van der Waals surface area contributed by atoms with Gasteiger partial charge in [0.05, 0.1) is 39.6 Å². The van der Waals surface area contributed by atoms with Gasteiger partial charge < -0.3 is 42.6 Å². The molecule has 6 aliphatic heterocycles. The molecule has 0 N–H and O–H groups in total. The van der Waals surface area contributed by atoms with Crippen molar-refractivity contribution in [2.24, 2.45) is 0 Å². The Morgan fingerprint density at radius 1 is 0.313 bits per heavy atom. The summed E-state index contributed by atoms with van der Waals surface area (Å²) in [6, 6.07) is 80.2. The number of benzene rings is 11. The maximum absolute atomic E-state index is 12.2. The first-order valence-corrected chi connectivity index (χ1v) is 39.3. The molecule has 0 aliphatic carbocycles. The monoisotopic (exact) mass is 1540 g/mol. The molecular weight excluding hydrogens is 1440 g/mol. The number of fused-ring (bicyclic) bond motifs is 18. The summed E-state index contributed by atoms with van der Waals surface area (Å²) in [5, 5.41) is 7.37. The van der Waals surface area contributed by atoms with Crippen molar-refractivity contribution in [2.45, 2.75) is 146 Å². The average molecular weight is 1540 g/mol. The summed E-state index contributed by atoms with van der Waals surface area (Å²) < 4.78 is 48.6. The van der Waals surface area contributed by atoms with Gasteiger partial charge in [0.1, 0.15) is 46.8 Å². The molecule has 115 heavy (non-hydrogen) atoms. The number of carbonyl (C=O) groups is 6. The van der Waals surface area contributed by atoms with Gasteiger partial charge in [-0.05, 0) is 226 Å². The van der Waals surface area contributed by atoms with Gasteiger partial charge in [0.25, 0.3) is 0 Å². The van der Waals surface area contributed by atoms with Crippen molar-refractivity contribution in [3.8, 4) is 0 Å². The lowest BCUT2D eigenvalue weighted by Gasteiger charge is -2.25. The molecule has 6 aliphatic rings. The summed E-state index contributed by atoms with van der Waals surface area (Å²) in [5.74, 6) is -1.54. The molecule has 11 aromatic carbocycles. The van der Waals surface area contributed by atoms with Crippen molar-refractivity contribution in [3.63, 3.8) is 0 Å². The van der Waals surface area contributed by atoms with Gasteiger partial charge in [-0.3, -0.25) is 19.2 Å². The van der Waals surface area contributed by atoms with Crippen LogP contribution >= 0.6 is 0 Å². The number of rotatable bonds is 20. The van der Waals surface area contributed by atoms with Crippen LogP contribution in [-0.2, 0) is 121 Å². The Hall–Kier alpha value is -11.9. The predicted molar refractivity (Wildman–Crippen MR) is 448 cm³/mol. The molecule has 590 valence electrons. The van der Waals surface area contributed by atoms with Crippen LogP contribution in [0.15, 0.2) is 279 Å². The van der Waals surface area contributed by atoms with Crippen LogP contribution in [-0.4, -0.2) is 70.9 Å². The van der Waals surface area contributed by atoms with E-state index in [1.807, 2.05) is 140 Å². The van der Waals surface area contributed by atoms with E-state index in [0.717, 1.165) is 62.4 Å². The molecule has 0 aromatic heterocycles. The third-order valence-corrected chi connectivity index (χ3v) is 22.6. The maximum Gasteiger partial charge on any atom is 0.338 e. The first kappa shape index (κ1) is 82.6. The minimum Gasteiger partial charge on any atom is -0.469 e. The van der Waals surface area contributed by atoms with E-state index < -0.39 is 16.8 Å². The molecule has 17 rings (SSSR count). The number of methoxy groups -OCH3 is 4. The number of hydrogen-bond donors (Lipinski definition) is 0. The zero-order valence-corrected chi connectivity index (χ0v) is 67.2. The van der Waals surface area contributed by atoms with Crippen LogP contribution in [0.2, 0.25) is 0 Å². The second kappa shape index (κ2) is 36.5. The fourth-order valence-electron chi connectivity index (χ4n) is 16.3. The first-order chi connectivity index (χ1) is 55.6. The SMILES string of the molecule is CC12C=CC(C)(O1)c1ccccc12.CCC12C=CC(COC(=O)c3ccccc3)(O1)c1ccccc12.CCc1ccc(COC(=O)c2ccccc2)c2ccccc12.COC(=O)CCC12C=CC(CCC(=O)OC)(O1)c1ccccc12.COC(=O)CCc1ccc(CCC(=O)OC)c2ccccc12.Cc1ccc(C)c2ccccc12. The van der Waals surface area contributed by atoms with Gasteiger partial charge in [-0.25, -0.2) is 9.59 Å². The van der Waals surface area contributed by atoms with Crippen molar-refractivity contribution in [3.05, 3.63) is 357 Å². The first-order valence-electron chi connectivity index (χ1n) is 39.3. The summed E-state index contributed by atoms with van der Waals surface area (Å²) in [7, 11) is 5.57. The predicted octanol–water partition coefficient (Wildman–Crippen LogP) is 20.5. The third-order valence-electron chi connectivity index (χ3n) is 22.6. The molecule has 11 aromatic rings. The van der Waals surface area contributed by atoms with Crippen molar-refractivity contribution in [1.29, 1.82) is 0 Å².